The molecule has 0 radical (unpaired) electrons. The van der Waals surface area contributed by atoms with Crippen molar-refractivity contribution in [2.75, 3.05) is 0 Å². The molecule has 0 spiro atoms. The average molecular weight is 501 g/mol. The van der Waals surface area contributed by atoms with E-state index >= 15 is 0 Å². The molecular weight excluding hydrogens is 472 g/mol. The van der Waals surface area contributed by atoms with Crippen molar-refractivity contribution in [1.82, 2.24) is 9.55 Å². The Bertz CT molecular complexity index is 1950. The van der Waals surface area contributed by atoms with E-state index < -0.39 is 0 Å². The number of para-hydroxylation sites is 2. The van der Waals surface area contributed by atoms with Crippen LogP contribution in [0, 0.1) is 13.8 Å². The topological polar surface area (TPSA) is 17.8 Å². The van der Waals surface area contributed by atoms with Gasteiger partial charge in [-0.2, -0.15) is 0 Å². The third-order valence-corrected chi connectivity index (χ3v) is 7.60. The van der Waals surface area contributed by atoms with Crippen LogP contribution in [-0.2, 0) is 0 Å². The lowest BCUT2D eigenvalue weighted by Gasteiger charge is -2.18. The van der Waals surface area contributed by atoms with Gasteiger partial charge in [-0.1, -0.05) is 103 Å². The van der Waals surface area contributed by atoms with Gasteiger partial charge in [0.1, 0.15) is 5.82 Å². The molecule has 0 saturated carbocycles. The van der Waals surface area contributed by atoms with Crippen LogP contribution >= 0.6 is 0 Å². The van der Waals surface area contributed by atoms with Crippen molar-refractivity contribution in [3.8, 4) is 39.3 Å². The van der Waals surface area contributed by atoms with E-state index in [0.29, 0.717) is 0 Å². The molecule has 0 fully saturated rings. The molecule has 0 amide bonds. The Morgan fingerprint density at radius 3 is 2.00 bits per heavy atom. The second-order valence-electron chi connectivity index (χ2n) is 10.2. The summed E-state index contributed by atoms with van der Waals surface area (Å²) in [5.74, 6) is 0.956. The molecule has 0 atom stereocenters. The van der Waals surface area contributed by atoms with E-state index in [1.54, 1.807) is 0 Å². The number of hydrogen-bond donors (Lipinski definition) is 0. The Kier molecular flexibility index (Phi) is 5.60. The molecule has 2 heteroatoms. The Balaban J connectivity index is 1.44. The fourth-order valence-corrected chi connectivity index (χ4v) is 5.85. The number of aromatic nitrogens is 2. The molecule has 0 saturated heterocycles. The van der Waals surface area contributed by atoms with Crippen LogP contribution in [0.2, 0.25) is 0 Å². The summed E-state index contributed by atoms with van der Waals surface area (Å²) in [5, 5.41) is 2.51. The van der Waals surface area contributed by atoms with Crippen molar-refractivity contribution in [1.29, 1.82) is 0 Å². The molecule has 0 aliphatic carbocycles. The third kappa shape index (κ3) is 4.02. The zero-order valence-corrected chi connectivity index (χ0v) is 22.1. The molecule has 0 aliphatic rings. The molecule has 39 heavy (non-hydrogen) atoms. The van der Waals surface area contributed by atoms with Crippen LogP contribution in [0.4, 0.5) is 0 Å². The standard InChI is InChI=1S/C37H28N2/c1-25-22-31(27-12-4-3-5-13-27)23-26(2)36(25)39-35-21-9-8-20-34(35)38-37(39)30-17-10-16-29(24-30)33-19-11-15-28-14-6-7-18-32(28)33/h3-24H,1-2H3. The van der Waals surface area contributed by atoms with Crippen LogP contribution in [0.25, 0.3) is 61.1 Å². The summed E-state index contributed by atoms with van der Waals surface area (Å²) in [6, 6.07) is 47.5. The van der Waals surface area contributed by atoms with E-state index in [1.165, 1.54) is 49.8 Å². The van der Waals surface area contributed by atoms with Gasteiger partial charge in [-0.15, -0.1) is 0 Å². The van der Waals surface area contributed by atoms with Crippen molar-refractivity contribution < 1.29 is 0 Å². The lowest BCUT2D eigenvalue weighted by atomic mass is 9.96. The van der Waals surface area contributed by atoms with Gasteiger partial charge in [0, 0.05) is 5.56 Å². The molecule has 2 nitrogen and oxygen atoms in total. The summed E-state index contributed by atoms with van der Waals surface area (Å²) in [7, 11) is 0. The highest BCUT2D eigenvalue weighted by Crippen LogP contribution is 2.36. The van der Waals surface area contributed by atoms with Crippen molar-refractivity contribution >= 4 is 21.8 Å². The van der Waals surface area contributed by atoms with Crippen LogP contribution in [0.5, 0.6) is 0 Å². The predicted molar refractivity (Wildman–Crippen MR) is 164 cm³/mol. The second-order valence-corrected chi connectivity index (χ2v) is 10.2. The molecule has 7 aromatic rings. The largest absolute Gasteiger partial charge is 0.292 e. The van der Waals surface area contributed by atoms with Gasteiger partial charge in [0.05, 0.1) is 16.7 Å². The molecule has 0 unspecified atom stereocenters. The zero-order chi connectivity index (χ0) is 26.3. The molecule has 0 aliphatic heterocycles. The number of rotatable bonds is 4. The maximum atomic E-state index is 5.18. The minimum Gasteiger partial charge on any atom is -0.292 e. The Labute approximate surface area is 228 Å². The number of fused-ring (bicyclic) bond motifs is 2. The summed E-state index contributed by atoms with van der Waals surface area (Å²) < 4.78 is 2.34. The van der Waals surface area contributed by atoms with Gasteiger partial charge in [-0.05, 0) is 88.3 Å². The quantitative estimate of drug-likeness (QED) is 0.235. The highest BCUT2D eigenvalue weighted by Gasteiger charge is 2.19. The van der Waals surface area contributed by atoms with Crippen molar-refractivity contribution in [2.24, 2.45) is 0 Å². The maximum absolute atomic E-state index is 5.18. The molecule has 186 valence electrons. The first-order valence-corrected chi connectivity index (χ1v) is 13.4. The van der Waals surface area contributed by atoms with Gasteiger partial charge in [-0.3, -0.25) is 4.57 Å². The van der Waals surface area contributed by atoms with E-state index in [0.717, 1.165) is 22.4 Å². The van der Waals surface area contributed by atoms with E-state index in [4.69, 9.17) is 4.98 Å². The number of benzene rings is 6. The lowest BCUT2D eigenvalue weighted by molar-refractivity contribution is 1.06. The van der Waals surface area contributed by atoms with Gasteiger partial charge in [-0.25, -0.2) is 4.98 Å². The molecular formula is C37H28N2. The second kappa shape index (κ2) is 9.41. The first kappa shape index (κ1) is 23.2. The first-order valence-electron chi connectivity index (χ1n) is 13.4. The monoisotopic (exact) mass is 500 g/mol. The van der Waals surface area contributed by atoms with Gasteiger partial charge in [0.15, 0.2) is 0 Å². The zero-order valence-electron chi connectivity index (χ0n) is 22.1. The van der Waals surface area contributed by atoms with Crippen molar-refractivity contribution in [3.05, 3.63) is 145 Å². The molecule has 0 bridgehead atoms. The smallest absolute Gasteiger partial charge is 0.145 e. The Morgan fingerprint density at radius 1 is 0.513 bits per heavy atom. The fraction of sp³-hybridized carbons (Fsp3) is 0.0541. The molecule has 0 N–H and O–H groups in total. The Hall–Kier alpha value is -4.95. The summed E-state index contributed by atoms with van der Waals surface area (Å²) >= 11 is 0. The van der Waals surface area contributed by atoms with Crippen LogP contribution < -0.4 is 0 Å². The summed E-state index contributed by atoms with van der Waals surface area (Å²) in [5.41, 5.74) is 11.7. The molecule has 1 aromatic heterocycles. The van der Waals surface area contributed by atoms with Gasteiger partial charge in [0.25, 0.3) is 0 Å². The van der Waals surface area contributed by atoms with Gasteiger partial charge in [0.2, 0.25) is 0 Å². The van der Waals surface area contributed by atoms with Crippen LogP contribution in [-0.4, -0.2) is 9.55 Å². The molecule has 6 aromatic carbocycles. The fourth-order valence-electron chi connectivity index (χ4n) is 5.85. The van der Waals surface area contributed by atoms with Crippen molar-refractivity contribution in [3.63, 3.8) is 0 Å². The first-order chi connectivity index (χ1) is 19.2. The highest BCUT2D eigenvalue weighted by molar-refractivity contribution is 5.97. The van der Waals surface area contributed by atoms with Gasteiger partial charge >= 0.3 is 0 Å². The van der Waals surface area contributed by atoms with E-state index in [1.807, 2.05) is 0 Å². The number of imidazole rings is 1. The lowest BCUT2D eigenvalue weighted by Crippen LogP contribution is -2.03. The Morgan fingerprint density at radius 2 is 1.15 bits per heavy atom. The number of nitrogens with zero attached hydrogens (tertiary/aromatic N) is 2. The highest BCUT2D eigenvalue weighted by atomic mass is 15.1. The summed E-state index contributed by atoms with van der Waals surface area (Å²) in [6.45, 7) is 4.42. The summed E-state index contributed by atoms with van der Waals surface area (Å²) in [6.07, 6.45) is 0. The van der Waals surface area contributed by atoms with Crippen molar-refractivity contribution in [2.45, 2.75) is 13.8 Å². The third-order valence-electron chi connectivity index (χ3n) is 7.60. The predicted octanol–water partition coefficient (Wildman–Crippen LogP) is 9.80. The number of aryl methyl sites for hydroxylation is 2. The van der Waals surface area contributed by atoms with E-state index in [-0.39, 0.29) is 0 Å². The summed E-state index contributed by atoms with van der Waals surface area (Å²) in [4.78, 5) is 5.18. The SMILES string of the molecule is Cc1cc(-c2ccccc2)cc(C)c1-n1c(-c2cccc(-c3cccc4ccccc34)c2)nc2ccccc21. The van der Waals surface area contributed by atoms with E-state index in [9.17, 15) is 0 Å². The molecule has 1 heterocycles. The van der Waals surface area contributed by atoms with Crippen LogP contribution in [0.1, 0.15) is 11.1 Å². The maximum Gasteiger partial charge on any atom is 0.145 e. The van der Waals surface area contributed by atoms with Crippen LogP contribution in [0.3, 0.4) is 0 Å². The minimum absolute atomic E-state index is 0.956. The molecule has 7 rings (SSSR count). The van der Waals surface area contributed by atoms with E-state index in [2.05, 4.69) is 152 Å². The normalized spacial score (nSPS) is 11.3. The average Bonchev–Trinajstić information content (AvgIpc) is 3.36. The minimum atomic E-state index is 0.956. The van der Waals surface area contributed by atoms with Crippen LogP contribution in [0.15, 0.2) is 133 Å². The number of hydrogen-bond acceptors (Lipinski definition) is 1. The van der Waals surface area contributed by atoms with Gasteiger partial charge < -0.3 is 0 Å².